The third-order valence-corrected chi connectivity index (χ3v) is 4.11. The highest BCUT2D eigenvalue weighted by Gasteiger charge is 2.30. The molecule has 3 rings (SSSR count). The number of guanidine groups is 1. The highest BCUT2D eigenvalue weighted by Crippen LogP contribution is 2.29. The molecule has 30 heavy (non-hydrogen) atoms. The van der Waals surface area contributed by atoms with Crippen LogP contribution in [0.1, 0.15) is 27.2 Å². The number of aliphatic imine (C=N–C) groups is 1. The smallest absolute Gasteiger partial charge is 0.326 e. The lowest BCUT2D eigenvalue weighted by Crippen LogP contribution is -2.36. The second-order valence-corrected chi connectivity index (χ2v) is 6.51. The number of carbonyl (C=O) groups is 1. The molecule has 154 valence electrons. The number of carbonyl (C=O) groups excluding carboxylic acids is 1. The Hall–Kier alpha value is -3.68. The van der Waals surface area contributed by atoms with Crippen molar-refractivity contribution in [1.82, 2.24) is 10.3 Å². The summed E-state index contributed by atoms with van der Waals surface area (Å²) in [6, 6.07) is 16.9. The number of hydrogen-bond acceptors (Lipinski definition) is 3. The van der Waals surface area contributed by atoms with Crippen molar-refractivity contribution in [2.45, 2.75) is 19.6 Å². The molecule has 0 saturated carbocycles. The van der Waals surface area contributed by atoms with Crippen molar-refractivity contribution in [1.29, 1.82) is 0 Å². The van der Waals surface area contributed by atoms with Gasteiger partial charge < -0.3 is 5.32 Å². The molecule has 5 nitrogen and oxygen atoms in total. The first-order valence-corrected chi connectivity index (χ1v) is 9.08. The SMILES string of the molecule is Cc1cccc(NC(=NCc2ccccn2)NC(=O)c2ccc(C(F)(F)F)cc2)c1. The fourth-order valence-electron chi connectivity index (χ4n) is 2.61. The van der Waals surface area contributed by atoms with Gasteiger partial charge in [0, 0.05) is 17.4 Å². The van der Waals surface area contributed by atoms with Crippen LogP contribution in [0.15, 0.2) is 77.9 Å². The van der Waals surface area contributed by atoms with E-state index < -0.39 is 17.6 Å². The summed E-state index contributed by atoms with van der Waals surface area (Å²) >= 11 is 0. The number of benzene rings is 2. The van der Waals surface area contributed by atoms with E-state index in [9.17, 15) is 18.0 Å². The number of anilines is 1. The minimum Gasteiger partial charge on any atom is -0.326 e. The first kappa shape index (κ1) is 21.0. The van der Waals surface area contributed by atoms with Gasteiger partial charge in [0.15, 0.2) is 0 Å². The van der Waals surface area contributed by atoms with E-state index in [0.717, 1.165) is 29.8 Å². The van der Waals surface area contributed by atoms with Crippen LogP contribution in [0.5, 0.6) is 0 Å². The maximum absolute atomic E-state index is 12.7. The maximum Gasteiger partial charge on any atom is 0.416 e. The van der Waals surface area contributed by atoms with Crippen molar-refractivity contribution in [2.24, 2.45) is 4.99 Å². The average Bonchev–Trinajstić information content (AvgIpc) is 2.72. The number of hydrogen-bond donors (Lipinski definition) is 2. The van der Waals surface area contributed by atoms with Gasteiger partial charge in [-0.1, -0.05) is 18.2 Å². The second kappa shape index (κ2) is 9.21. The lowest BCUT2D eigenvalue weighted by molar-refractivity contribution is -0.137. The van der Waals surface area contributed by atoms with Crippen LogP contribution in [0, 0.1) is 6.92 Å². The molecule has 8 heteroatoms. The molecule has 0 saturated heterocycles. The van der Waals surface area contributed by atoms with Gasteiger partial charge in [-0.2, -0.15) is 13.2 Å². The Morgan fingerprint density at radius 3 is 2.43 bits per heavy atom. The number of amides is 1. The number of rotatable bonds is 4. The summed E-state index contributed by atoms with van der Waals surface area (Å²) < 4.78 is 38.2. The third kappa shape index (κ3) is 5.91. The Balaban J connectivity index is 1.79. The summed E-state index contributed by atoms with van der Waals surface area (Å²) in [5.41, 5.74) is 1.69. The molecule has 0 atom stereocenters. The van der Waals surface area contributed by atoms with E-state index >= 15 is 0 Å². The lowest BCUT2D eigenvalue weighted by Gasteiger charge is -2.13. The molecule has 3 aromatic rings. The summed E-state index contributed by atoms with van der Waals surface area (Å²) in [6.07, 6.45) is -2.82. The molecule has 1 amide bonds. The molecule has 2 N–H and O–H groups in total. The van der Waals surface area contributed by atoms with Crippen molar-refractivity contribution in [3.8, 4) is 0 Å². The molecule has 0 aliphatic heterocycles. The average molecular weight is 412 g/mol. The molecule has 2 aromatic carbocycles. The van der Waals surface area contributed by atoms with E-state index in [0.29, 0.717) is 11.4 Å². The Kier molecular flexibility index (Phi) is 6.46. The van der Waals surface area contributed by atoms with Gasteiger partial charge in [0.2, 0.25) is 5.96 Å². The highest BCUT2D eigenvalue weighted by atomic mass is 19.4. The molecule has 1 heterocycles. The highest BCUT2D eigenvalue weighted by molar-refractivity contribution is 6.09. The molecule has 0 bridgehead atoms. The summed E-state index contributed by atoms with van der Waals surface area (Å²) in [4.78, 5) is 21.1. The Bertz CT molecular complexity index is 1030. The van der Waals surface area contributed by atoms with E-state index in [1.807, 2.05) is 37.3 Å². The summed E-state index contributed by atoms with van der Waals surface area (Å²) in [6.45, 7) is 2.14. The molecular weight excluding hydrogens is 393 g/mol. The summed E-state index contributed by atoms with van der Waals surface area (Å²) in [5, 5.41) is 5.66. The molecule has 0 fully saturated rings. The van der Waals surface area contributed by atoms with Gasteiger partial charge in [0.25, 0.3) is 5.91 Å². The van der Waals surface area contributed by atoms with Gasteiger partial charge >= 0.3 is 6.18 Å². The number of nitrogens with zero attached hydrogens (tertiary/aromatic N) is 2. The van der Waals surface area contributed by atoms with Crippen LogP contribution in [-0.4, -0.2) is 16.9 Å². The molecule has 0 aliphatic rings. The first-order valence-electron chi connectivity index (χ1n) is 9.08. The second-order valence-electron chi connectivity index (χ2n) is 6.51. The van der Waals surface area contributed by atoms with Crippen LogP contribution in [0.2, 0.25) is 0 Å². The molecule has 0 aliphatic carbocycles. The Morgan fingerprint density at radius 2 is 1.80 bits per heavy atom. The van der Waals surface area contributed by atoms with E-state index in [-0.39, 0.29) is 18.1 Å². The third-order valence-electron chi connectivity index (χ3n) is 4.11. The number of halogens is 3. The number of aryl methyl sites for hydroxylation is 1. The van der Waals surface area contributed by atoms with E-state index in [1.54, 1.807) is 18.3 Å². The molecule has 0 unspecified atom stereocenters. The van der Waals surface area contributed by atoms with Crippen LogP contribution in [0.25, 0.3) is 0 Å². The van der Waals surface area contributed by atoms with Crippen molar-refractivity contribution in [3.63, 3.8) is 0 Å². The number of aromatic nitrogens is 1. The topological polar surface area (TPSA) is 66.4 Å². The molecule has 1 aromatic heterocycles. The standard InChI is InChI=1S/C22H19F3N4O/c1-15-5-4-7-18(13-15)28-21(27-14-19-6-2-3-12-26-19)29-20(30)16-8-10-17(11-9-16)22(23,24)25/h2-13H,14H2,1H3,(H2,27,28,29,30). The minimum absolute atomic E-state index is 0.0829. The lowest BCUT2D eigenvalue weighted by atomic mass is 10.1. The van der Waals surface area contributed by atoms with Crippen LogP contribution < -0.4 is 10.6 Å². The maximum atomic E-state index is 12.7. The quantitative estimate of drug-likeness (QED) is 0.478. The molecule has 0 radical (unpaired) electrons. The van der Waals surface area contributed by atoms with Crippen LogP contribution in [-0.2, 0) is 12.7 Å². The number of pyridine rings is 1. The predicted octanol–water partition coefficient (Wildman–Crippen LogP) is 4.81. The van der Waals surface area contributed by atoms with Gasteiger partial charge in [-0.15, -0.1) is 0 Å². The van der Waals surface area contributed by atoms with Gasteiger partial charge in [-0.25, -0.2) is 4.99 Å². The summed E-state index contributed by atoms with van der Waals surface area (Å²) in [7, 11) is 0. The van der Waals surface area contributed by atoms with E-state index in [2.05, 4.69) is 20.6 Å². The number of nitrogens with one attached hydrogen (secondary N) is 2. The van der Waals surface area contributed by atoms with Crippen molar-refractivity contribution < 1.29 is 18.0 Å². The van der Waals surface area contributed by atoms with Crippen molar-refractivity contribution >= 4 is 17.6 Å². The van der Waals surface area contributed by atoms with Crippen LogP contribution in [0.3, 0.4) is 0 Å². The normalized spacial score (nSPS) is 11.8. The zero-order valence-corrected chi connectivity index (χ0v) is 16.1. The van der Waals surface area contributed by atoms with E-state index in [1.165, 1.54) is 0 Å². The van der Waals surface area contributed by atoms with Gasteiger partial charge in [0.1, 0.15) is 0 Å². The number of alkyl halides is 3. The van der Waals surface area contributed by atoms with Gasteiger partial charge in [-0.3, -0.25) is 15.1 Å². The van der Waals surface area contributed by atoms with Gasteiger partial charge in [-0.05, 0) is 61.0 Å². The van der Waals surface area contributed by atoms with E-state index in [4.69, 9.17) is 0 Å². The van der Waals surface area contributed by atoms with Crippen molar-refractivity contribution in [2.75, 3.05) is 5.32 Å². The van der Waals surface area contributed by atoms with Gasteiger partial charge in [0.05, 0.1) is 17.8 Å². The van der Waals surface area contributed by atoms with Crippen molar-refractivity contribution in [3.05, 3.63) is 95.3 Å². The molecule has 0 spiro atoms. The predicted molar refractivity (Wildman–Crippen MR) is 109 cm³/mol. The largest absolute Gasteiger partial charge is 0.416 e. The summed E-state index contributed by atoms with van der Waals surface area (Å²) in [5.74, 6) is -0.417. The minimum atomic E-state index is -4.46. The zero-order valence-electron chi connectivity index (χ0n) is 16.1. The monoisotopic (exact) mass is 412 g/mol. The fraction of sp³-hybridized carbons (Fsp3) is 0.136. The zero-order chi connectivity index (χ0) is 21.6. The fourth-order valence-corrected chi connectivity index (χ4v) is 2.61. The van der Waals surface area contributed by atoms with Crippen LogP contribution in [0.4, 0.5) is 18.9 Å². The Morgan fingerprint density at radius 1 is 1.03 bits per heavy atom. The van der Waals surface area contributed by atoms with Crippen LogP contribution >= 0.6 is 0 Å². The Labute approximate surface area is 171 Å². The molecular formula is C22H19F3N4O. The first-order chi connectivity index (χ1) is 14.3.